The molecule has 0 rings (SSSR count). The van der Waals surface area contributed by atoms with E-state index in [9.17, 15) is 20.4 Å². The lowest BCUT2D eigenvalue weighted by Crippen LogP contribution is -2.52. The average Bonchev–Trinajstić information content (AvgIpc) is 2.41. The molecule has 0 aliphatic heterocycles. The Balaban J connectivity index is 4.55. The normalized spacial score (nSPS) is 17.6. The number of hydrogen-bond donors (Lipinski definition) is 7. The second-order valence-corrected chi connectivity index (χ2v) is 6.50. The predicted molar refractivity (Wildman–Crippen MR) is 86.9 cm³/mol. The summed E-state index contributed by atoms with van der Waals surface area (Å²) in [6.45, 7) is 3.92. The summed E-state index contributed by atoms with van der Waals surface area (Å²) in [6.07, 6.45) is -5.25. The van der Waals surface area contributed by atoms with Crippen molar-refractivity contribution in [1.29, 1.82) is 0 Å². The van der Waals surface area contributed by atoms with Crippen LogP contribution < -0.4 is 5.43 Å². The van der Waals surface area contributed by atoms with Crippen LogP contribution in [0.2, 0.25) is 0 Å². The standard InChI is InChI=1S/C12H26N2O5S2/c1-7(2)3-4-14(13-12(20)21)5-8(16)10(18)11(19)9(17)6-15/h7-11,15-19H,3-6H2,1-2H3,(H2,13,20,21)/t8-,9+,10+,11+/m0/s1. The van der Waals surface area contributed by atoms with Crippen LogP contribution in [0.5, 0.6) is 0 Å². The largest absolute Gasteiger partial charge is 0.394 e. The van der Waals surface area contributed by atoms with Crippen molar-refractivity contribution in [2.75, 3.05) is 19.7 Å². The van der Waals surface area contributed by atoms with Gasteiger partial charge in [-0.15, -0.1) is 12.6 Å². The van der Waals surface area contributed by atoms with E-state index in [1.165, 1.54) is 0 Å². The molecule has 9 heteroatoms. The third kappa shape index (κ3) is 8.89. The van der Waals surface area contributed by atoms with Crippen molar-refractivity contribution >= 4 is 29.2 Å². The zero-order valence-corrected chi connectivity index (χ0v) is 14.0. The summed E-state index contributed by atoms with van der Waals surface area (Å²) < 4.78 is 0.219. The molecule has 0 radical (unpaired) electrons. The Labute approximate surface area is 136 Å². The molecule has 4 atom stereocenters. The van der Waals surface area contributed by atoms with Crippen LogP contribution in [-0.4, -0.2) is 79.0 Å². The molecule has 0 spiro atoms. The minimum Gasteiger partial charge on any atom is -0.394 e. The highest BCUT2D eigenvalue weighted by Gasteiger charge is 2.31. The maximum absolute atomic E-state index is 9.93. The summed E-state index contributed by atoms with van der Waals surface area (Å²) in [4.78, 5) is 0. The topological polar surface area (TPSA) is 116 Å². The second kappa shape index (κ2) is 10.7. The Bertz CT molecular complexity index is 309. The first-order chi connectivity index (χ1) is 9.68. The van der Waals surface area contributed by atoms with Gasteiger partial charge in [0.2, 0.25) is 0 Å². The Morgan fingerprint density at radius 2 is 1.67 bits per heavy atom. The molecule has 0 saturated carbocycles. The van der Waals surface area contributed by atoms with E-state index in [-0.39, 0.29) is 10.9 Å². The van der Waals surface area contributed by atoms with Gasteiger partial charge >= 0.3 is 0 Å². The van der Waals surface area contributed by atoms with Crippen molar-refractivity contribution < 1.29 is 25.5 Å². The Morgan fingerprint density at radius 1 is 1.14 bits per heavy atom. The van der Waals surface area contributed by atoms with Crippen molar-refractivity contribution in [2.24, 2.45) is 5.92 Å². The molecule has 0 saturated heterocycles. The predicted octanol–water partition coefficient (Wildman–Crippen LogP) is -1.51. The van der Waals surface area contributed by atoms with E-state index in [1.54, 1.807) is 5.01 Å². The number of aliphatic hydroxyl groups is 5. The van der Waals surface area contributed by atoms with Crippen LogP contribution in [0, 0.1) is 5.92 Å². The van der Waals surface area contributed by atoms with Gasteiger partial charge in [-0.3, -0.25) is 0 Å². The van der Waals surface area contributed by atoms with E-state index < -0.39 is 31.0 Å². The Hall–Kier alpha value is -0.000000000000000111. The molecular weight excluding hydrogens is 316 g/mol. The van der Waals surface area contributed by atoms with Gasteiger partial charge in [0, 0.05) is 13.1 Å². The molecule has 0 aromatic carbocycles. The summed E-state index contributed by atoms with van der Waals surface area (Å²) in [5.74, 6) is 0.437. The van der Waals surface area contributed by atoms with Crippen molar-refractivity contribution in [2.45, 2.75) is 44.7 Å². The minimum absolute atomic E-state index is 0.0240. The van der Waals surface area contributed by atoms with Crippen LogP contribution in [0.25, 0.3) is 0 Å². The van der Waals surface area contributed by atoms with Crippen LogP contribution in [0.15, 0.2) is 0 Å². The molecule has 0 aliphatic carbocycles. The smallest absolute Gasteiger partial charge is 0.145 e. The van der Waals surface area contributed by atoms with Gasteiger partial charge in [-0.1, -0.05) is 26.1 Å². The number of thiol groups is 1. The fourth-order valence-corrected chi connectivity index (χ4v) is 1.91. The van der Waals surface area contributed by atoms with Crippen molar-refractivity contribution in [3.05, 3.63) is 0 Å². The number of nitrogens with one attached hydrogen (secondary N) is 1. The summed E-state index contributed by atoms with van der Waals surface area (Å²) in [7, 11) is 0. The van der Waals surface area contributed by atoms with E-state index in [1.807, 2.05) is 13.8 Å². The van der Waals surface area contributed by atoms with Crippen LogP contribution >= 0.6 is 24.8 Å². The molecule has 6 N–H and O–H groups in total. The lowest BCUT2D eigenvalue weighted by molar-refractivity contribution is -0.120. The van der Waals surface area contributed by atoms with Gasteiger partial charge < -0.3 is 31.0 Å². The third-order valence-electron chi connectivity index (χ3n) is 2.96. The molecule has 0 fully saturated rings. The second-order valence-electron chi connectivity index (χ2n) is 5.34. The van der Waals surface area contributed by atoms with E-state index in [0.717, 1.165) is 6.42 Å². The van der Waals surface area contributed by atoms with E-state index in [2.05, 4.69) is 18.1 Å². The van der Waals surface area contributed by atoms with Gasteiger partial charge in [0.25, 0.3) is 0 Å². The Kier molecular flexibility index (Phi) is 10.7. The van der Waals surface area contributed by atoms with Crippen LogP contribution in [-0.2, 0) is 0 Å². The van der Waals surface area contributed by atoms with Gasteiger partial charge in [-0.05, 0) is 12.3 Å². The number of thiocarbonyl (C=S) groups is 1. The van der Waals surface area contributed by atoms with Gasteiger partial charge in [-0.25, -0.2) is 5.01 Å². The molecule has 126 valence electrons. The fraction of sp³-hybridized carbons (Fsp3) is 0.917. The zero-order valence-electron chi connectivity index (χ0n) is 12.3. The van der Waals surface area contributed by atoms with E-state index >= 15 is 0 Å². The highest BCUT2D eigenvalue weighted by molar-refractivity contribution is 8.11. The molecule has 21 heavy (non-hydrogen) atoms. The number of hydrogen-bond acceptors (Lipinski definition) is 7. The summed E-state index contributed by atoms with van der Waals surface area (Å²) in [6, 6.07) is 0. The van der Waals surface area contributed by atoms with Gasteiger partial charge in [-0.2, -0.15) is 0 Å². The molecule has 0 heterocycles. The number of nitrogens with zero attached hydrogens (tertiary/aromatic N) is 1. The van der Waals surface area contributed by atoms with Crippen LogP contribution in [0.4, 0.5) is 0 Å². The first-order valence-corrected chi connectivity index (χ1v) is 7.62. The lowest BCUT2D eigenvalue weighted by atomic mass is 10.0. The maximum atomic E-state index is 9.93. The van der Waals surface area contributed by atoms with Crippen molar-refractivity contribution in [3.8, 4) is 0 Å². The maximum Gasteiger partial charge on any atom is 0.145 e. The van der Waals surface area contributed by atoms with Crippen molar-refractivity contribution in [1.82, 2.24) is 10.4 Å². The monoisotopic (exact) mass is 342 g/mol. The third-order valence-corrected chi connectivity index (χ3v) is 3.15. The van der Waals surface area contributed by atoms with E-state index in [0.29, 0.717) is 12.5 Å². The lowest BCUT2D eigenvalue weighted by Gasteiger charge is -2.31. The summed E-state index contributed by atoms with van der Waals surface area (Å²) in [5.41, 5.74) is 2.77. The van der Waals surface area contributed by atoms with Crippen LogP contribution in [0.1, 0.15) is 20.3 Å². The number of rotatable bonds is 10. The molecule has 0 aromatic rings. The first-order valence-electron chi connectivity index (χ1n) is 6.76. The average molecular weight is 342 g/mol. The SMILES string of the molecule is CC(C)CCN(C[C@H](O)[C@@H](O)[C@H](O)[C@H](O)CO)NC(=S)S. The van der Waals surface area contributed by atoms with Gasteiger partial charge in [0.05, 0.1) is 12.7 Å². The van der Waals surface area contributed by atoms with Crippen LogP contribution in [0.3, 0.4) is 0 Å². The molecule has 0 aromatic heterocycles. The molecule has 0 aliphatic rings. The highest BCUT2D eigenvalue weighted by atomic mass is 32.1. The van der Waals surface area contributed by atoms with Gasteiger partial charge in [0.1, 0.15) is 22.6 Å². The van der Waals surface area contributed by atoms with Crippen molar-refractivity contribution in [3.63, 3.8) is 0 Å². The molecule has 0 bridgehead atoms. The molecule has 0 amide bonds. The number of aliphatic hydroxyl groups excluding tert-OH is 5. The zero-order chi connectivity index (χ0) is 16.6. The Morgan fingerprint density at radius 3 is 2.10 bits per heavy atom. The first kappa shape index (κ1) is 21.0. The summed E-state index contributed by atoms with van der Waals surface area (Å²) in [5, 5.41) is 48.9. The quantitative estimate of drug-likeness (QED) is 0.146. The number of hydrazine groups is 1. The van der Waals surface area contributed by atoms with Gasteiger partial charge in [0.15, 0.2) is 0 Å². The molecule has 0 unspecified atom stereocenters. The highest BCUT2D eigenvalue weighted by Crippen LogP contribution is 2.08. The minimum atomic E-state index is -1.64. The van der Waals surface area contributed by atoms with E-state index in [4.69, 9.17) is 17.3 Å². The fourth-order valence-electron chi connectivity index (χ4n) is 1.64. The summed E-state index contributed by atoms with van der Waals surface area (Å²) >= 11 is 8.78. The molecular formula is C12H26N2O5S2. The molecule has 7 nitrogen and oxygen atoms in total.